The van der Waals surface area contributed by atoms with E-state index in [9.17, 15) is 4.79 Å². The smallest absolute Gasteiger partial charge is 0.168 e. The summed E-state index contributed by atoms with van der Waals surface area (Å²) in [7, 11) is 0. The predicted octanol–water partition coefficient (Wildman–Crippen LogP) is 2.17. The van der Waals surface area contributed by atoms with Gasteiger partial charge in [-0.25, -0.2) is 0 Å². The second kappa shape index (κ2) is 4.13. The lowest BCUT2D eigenvalue weighted by Gasteiger charge is -2.00. The molecule has 0 aliphatic heterocycles. The fraction of sp³-hybridized carbons (Fsp3) is 0.308. The molecule has 1 saturated carbocycles. The Morgan fingerprint density at radius 3 is 2.76 bits per heavy atom. The van der Waals surface area contributed by atoms with Gasteiger partial charge in [0.1, 0.15) is 5.69 Å². The Morgan fingerprint density at radius 1 is 1.35 bits per heavy atom. The molecule has 0 atom stereocenters. The monoisotopic (exact) mass is 227 g/mol. The standard InChI is InChI=1S/C13H13N3O/c17-9-12-7-13(11-3-5-14-6-4-11)15-16(12)8-10-1-2-10/h3-7,9-10H,1-2,8H2. The second-order valence-electron chi connectivity index (χ2n) is 4.43. The van der Waals surface area contributed by atoms with Gasteiger partial charge in [-0.3, -0.25) is 14.5 Å². The van der Waals surface area contributed by atoms with Crippen LogP contribution in [0.3, 0.4) is 0 Å². The van der Waals surface area contributed by atoms with E-state index < -0.39 is 0 Å². The van der Waals surface area contributed by atoms with Crippen molar-refractivity contribution in [3.05, 3.63) is 36.3 Å². The van der Waals surface area contributed by atoms with Crippen LogP contribution >= 0.6 is 0 Å². The van der Waals surface area contributed by atoms with Crippen molar-refractivity contribution >= 4 is 6.29 Å². The largest absolute Gasteiger partial charge is 0.296 e. The fourth-order valence-corrected chi connectivity index (χ4v) is 1.88. The van der Waals surface area contributed by atoms with Gasteiger partial charge in [0, 0.05) is 24.5 Å². The molecule has 0 spiro atoms. The molecule has 2 aromatic rings. The molecule has 0 unspecified atom stereocenters. The van der Waals surface area contributed by atoms with E-state index in [0.717, 1.165) is 24.1 Å². The van der Waals surface area contributed by atoms with Crippen LogP contribution in [0.2, 0.25) is 0 Å². The van der Waals surface area contributed by atoms with Crippen LogP contribution in [-0.2, 0) is 6.54 Å². The van der Waals surface area contributed by atoms with E-state index in [0.29, 0.717) is 11.6 Å². The molecule has 2 aromatic heterocycles. The van der Waals surface area contributed by atoms with Gasteiger partial charge in [-0.15, -0.1) is 0 Å². The first-order valence-electron chi connectivity index (χ1n) is 5.80. The normalized spacial score (nSPS) is 14.8. The van der Waals surface area contributed by atoms with Crippen LogP contribution in [0.25, 0.3) is 11.3 Å². The van der Waals surface area contributed by atoms with Crippen LogP contribution in [0.1, 0.15) is 23.3 Å². The van der Waals surface area contributed by atoms with Gasteiger partial charge in [-0.1, -0.05) is 0 Å². The molecule has 2 heterocycles. The van der Waals surface area contributed by atoms with Crippen molar-refractivity contribution < 1.29 is 4.79 Å². The zero-order chi connectivity index (χ0) is 11.7. The Labute approximate surface area is 99.3 Å². The molecule has 3 rings (SSSR count). The molecule has 0 radical (unpaired) electrons. The van der Waals surface area contributed by atoms with Crippen molar-refractivity contribution in [3.8, 4) is 11.3 Å². The van der Waals surface area contributed by atoms with Crippen LogP contribution in [0, 0.1) is 5.92 Å². The van der Waals surface area contributed by atoms with Crippen molar-refractivity contribution in [3.63, 3.8) is 0 Å². The number of hydrogen-bond acceptors (Lipinski definition) is 3. The van der Waals surface area contributed by atoms with Crippen molar-refractivity contribution in [2.75, 3.05) is 0 Å². The third-order valence-corrected chi connectivity index (χ3v) is 3.04. The highest BCUT2D eigenvalue weighted by Gasteiger charge is 2.23. The van der Waals surface area contributed by atoms with E-state index in [1.54, 1.807) is 12.4 Å². The van der Waals surface area contributed by atoms with E-state index in [-0.39, 0.29) is 0 Å². The highest BCUT2D eigenvalue weighted by molar-refractivity contribution is 5.75. The first-order chi connectivity index (χ1) is 8.36. The van der Waals surface area contributed by atoms with Gasteiger partial charge in [-0.2, -0.15) is 5.10 Å². The summed E-state index contributed by atoms with van der Waals surface area (Å²) in [6.45, 7) is 0.860. The first kappa shape index (κ1) is 10.2. The summed E-state index contributed by atoms with van der Waals surface area (Å²) < 4.78 is 1.82. The lowest BCUT2D eigenvalue weighted by molar-refractivity contribution is 0.111. The number of hydrogen-bond donors (Lipinski definition) is 0. The summed E-state index contributed by atoms with van der Waals surface area (Å²) in [4.78, 5) is 15.0. The number of aromatic nitrogens is 3. The Morgan fingerprint density at radius 2 is 2.12 bits per heavy atom. The van der Waals surface area contributed by atoms with Crippen molar-refractivity contribution in [2.45, 2.75) is 19.4 Å². The van der Waals surface area contributed by atoms with E-state index in [1.807, 2.05) is 22.9 Å². The Bertz CT molecular complexity index is 529. The summed E-state index contributed by atoms with van der Waals surface area (Å²) in [5, 5.41) is 4.49. The van der Waals surface area contributed by atoms with E-state index in [1.165, 1.54) is 12.8 Å². The molecule has 1 fully saturated rings. The lowest BCUT2D eigenvalue weighted by Crippen LogP contribution is -2.05. The highest BCUT2D eigenvalue weighted by atomic mass is 16.1. The summed E-state index contributed by atoms with van der Waals surface area (Å²) in [6.07, 6.45) is 6.84. The molecular formula is C13H13N3O. The Hall–Kier alpha value is -1.97. The van der Waals surface area contributed by atoms with E-state index in [2.05, 4.69) is 10.1 Å². The summed E-state index contributed by atoms with van der Waals surface area (Å²) in [6, 6.07) is 5.64. The minimum absolute atomic E-state index is 0.656. The summed E-state index contributed by atoms with van der Waals surface area (Å²) in [5.74, 6) is 0.707. The average Bonchev–Trinajstić information content (AvgIpc) is 3.09. The first-order valence-corrected chi connectivity index (χ1v) is 5.80. The number of rotatable bonds is 4. The topological polar surface area (TPSA) is 47.8 Å². The van der Waals surface area contributed by atoms with Crippen LogP contribution < -0.4 is 0 Å². The van der Waals surface area contributed by atoms with Crippen molar-refractivity contribution in [2.24, 2.45) is 5.92 Å². The second-order valence-corrected chi connectivity index (χ2v) is 4.43. The molecule has 17 heavy (non-hydrogen) atoms. The maximum Gasteiger partial charge on any atom is 0.168 e. The number of carbonyl (C=O) groups is 1. The van der Waals surface area contributed by atoms with Crippen molar-refractivity contribution in [1.82, 2.24) is 14.8 Å². The quantitative estimate of drug-likeness (QED) is 0.752. The SMILES string of the molecule is O=Cc1cc(-c2ccncc2)nn1CC1CC1. The molecule has 1 aliphatic carbocycles. The summed E-state index contributed by atoms with van der Waals surface area (Å²) in [5.41, 5.74) is 2.50. The minimum atomic E-state index is 0.656. The fourth-order valence-electron chi connectivity index (χ4n) is 1.88. The molecular weight excluding hydrogens is 214 g/mol. The number of carbonyl (C=O) groups excluding carboxylic acids is 1. The third-order valence-electron chi connectivity index (χ3n) is 3.04. The number of aldehydes is 1. The van der Waals surface area contributed by atoms with Crippen LogP contribution in [0.5, 0.6) is 0 Å². The molecule has 0 N–H and O–H groups in total. The molecule has 0 aromatic carbocycles. The minimum Gasteiger partial charge on any atom is -0.296 e. The van der Waals surface area contributed by atoms with Gasteiger partial charge in [0.2, 0.25) is 0 Å². The van der Waals surface area contributed by atoms with E-state index in [4.69, 9.17) is 0 Å². The van der Waals surface area contributed by atoms with Crippen molar-refractivity contribution in [1.29, 1.82) is 0 Å². The molecule has 0 saturated heterocycles. The van der Waals surface area contributed by atoms with E-state index >= 15 is 0 Å². The Balaban J connectivity index is 1.95. The van der Waals surface area contributed by atoms with Gasteiger partial charge >= 0.3 is 0 Å². The third kappa shape index (κ3) is 2.11. The Kier molecular flexibility index (Phi) is 2.48. The molecule has 0 bridgehead atoms. The lowest BCUT2D eigenvalue weighted by atomic mass is 10.2. The van der Waals surface area contributed by atoms with Gasteiger partial charge in [0.25, 0.3) is 0 Å². The zero-order valence-electron chi connectivity index (χ0n) is 9.41. The zero-order valence-corrected chi connectivity index (χ0v) is 9.41. The van der Waals surface area contributed by atoms with Gasteiger partial charge in [-0.05, 0) is 37.0 Å². The van der Waals surface area contributed by atoms with Crippen LogP contribution in [0.4, 0.5) is 0 Å². The average molecular weight is 227 g/mol. The maximum atomic E-state index is 11.0. The predicted molar refractivity (Wildman–Crippen MR) is 63.6 cm³/mol. The van der Waals surface area contributed by atoms with Gasteiger partial charge in [0.05, 0.1) is 5.69 Å². The number of pyridine rings is 1. The molecule has 4 heteroatoms. The summed E-state index contributed by atoms with van der Waals surface area (Å²) >= 11 is 0. The maximum absolute atomic E-state index is 11.0. The van der Waals surface area contributed by atoms with Gasteiger partial charge < -0.3 is 0 Å². The van der Waals surface area contributed by atoms with Gasteiger partial charge in [0.15, 0.2) is 6.29 Å². The highest BCUT2D eigenvalue weighted by Crippen LogP contribution is 2.31. The molecule has 1 aliphatic rings. The molecule has 0 amide bonds. The number of nitrogens with zero attached hydrogens (tertiary/aromatic N) is 3. The van der Waals surface area contributed by atoms with Crippen LogP contribution in [-0.4, -0.2) is 21.1 Å². The molecule has 86 valence electrons. The van der Waals surface area contributed by atoms with Crippen LogP contribution in [0.15, 0.2) is 30.6 Å². The molecule has 4 nitrogen and oxygen atoms in total.